The fourth-order valence-corrected chi connectivity index (χ4v) is 5.09. The Bertz CT molecular complexity index is 1480. The van der Waals surface area contributed by atoms with Crippen LogP contribution in [0.1, 0.15) is 32.3 Å². The molecule has 2 heterocycles. The predicted molar refractivity (Wildman–Crippen MR) is 165 cm³/mol. The van der Waals surface area contributed by atoms with Gasteiger partial charge in [0.15, 0.2) is 11.6 Å². The van der Waals surface area contributed by atoms with Crippen LogP contribution in [0.2, 0.25) is 5.02 Å². The first kappa shape index (κ1) is 33.7. The standard InChI is InChI=1S/C31H37ClF2N6O5/c1-20(2)39-12-14-40(15-13-39)28(41)11-10-24(38(3)30(42)35-18-22-7-5-9-25(34)29(22)32)19-44-31(43)36-27-17-26(45-37-27)21-6-4-8-23(33)16-21/h4-9,16-17,20,24H,10-15,18-19H2,1-3H3,(H,35,42)(H,36,37,43)/t24-/m0/s1. The number of hydrogen-bond donors (Lipinski definition) is 2. The Labute approximate surface area is 265 Å². The van der Waals surface area contributed by atoms with Gasteiger partial charge < -0.3 is 24.4 Å². The van der Waals surface area contributed by atoms with E-state index in [0.717, 1.165) is 13.1 Å². The first-order chi connectivity index (χ1) is 21.5. The van der Waals surface area contributed by atoms with Crippen molar-refractivity contribution in [3.63, 3.8) is 0 Å². The van der Waals surface area contributed by atoms with Gasteiger partial charge in [-0.15, -0.1) is 0 Å². The minimum absolute atomic E-state index is 0.0350. The summed E-state index contributed by atoms with van der Waals surface area (Å²) in [5.74, 6) is -0.820. The van der Waals surface area contributed by atoms with Crippen molar-refractivity contribution < 1.29 is 32.4 Å². The first-order valence-electron chi connectivity index (χ1n) is 14.6. The Kier molecular flexibility index (Phi) is 11.7. The van der Waals surface area contributed by atoms with Crippen LogP contribution in [0.4, 0.5) is 24.2 Å². The normalized spacial score (nSPS) is 14.2. The van der Waals surface area contributed by atoms with Crippen LogP contribution < -0.4 is 10.6 Å². The molecule has 0 aliphatic carbocycles. The van der Waals surface area contributed by atoms with E-state index in [0.29, 0.717) is 30.3 Å². The number of carbonyl (C=O) groups excluding carboxylic acids is 3. The van der Waals surface area contributed by atoms with Gasteiger partial charge in [-0.05, 0) is 44.0 Å². The molecule has 0 radical (unpaired) electrons. The highest BCUT2D eigenvalue weighted by Gasteiger charge is 2.27. The molecule has 4 amide bonds. The lowest BCUT2D eigenvalue weighted by molar-refractivity contribution is -0.133. The van der Waals surface area contributed by atoms with Gasteiger partial charge in [0.05, 0.1) is 11.1 Å². The number of nitrogens with zero attached hydrogens (tertiary/aromatic N) is 4. The summed E-state index contributed by atoms with van der Waals surface area (Å²) in [6.07, 6.45) is -0.518. The average Bonchev–Trinajstić information content (AvgIpc) is 3.49. The summed E-state index contributed by atoms with van der Waals surface area (Å²) in [4.78, 5) is 44.2. The van der Waals surface area contributed by atoms with Crippen LogP contribution in [0.15, 0.2) is 53.1 Å². The zero-order valence-corrected chi connectivity index (χ0v) is 26.2. The lowest BCUT2D eigenvalue weighted by Crippen LogP contribution is -2.51. The summed E-state index contributed by atoms with van der Waals surface area (Å²) in [7, 11) is 1.52. The minimum Gasteiger partial charge on any atom is -0.447 e. The molecule has 2 aromatic carbocycles. The number of carbonyl (C=O) groups is 3. The Morgan fingerprint density at radius 1 is 1.09 bits per heavy atom. The topological polar surface area (TPSA) is 120 Å². The van der Waals surface area contributed by atoms with Crippen molar-refractivity contribution in [1.29, 1.82) is 0 Å². The molecule has 45 heavy (non-hydrogen) atoms. The Morgan fingerprint density at radius 3 is 2.53 bits per heavy atom. The van der Waals surface area contributed by atoms with Crippen LogP contribution in [0, 0.1) is 11.6 Å². The molecule has 1 aliphatic rings. The second kappa shape index (κ2) is 15.7. The summed E-state index contributed by atoms with van der Waals surface area (Å²) in [6.45, 7) is 6.75. The first-order valence-corrected chi connectivity index (χ1v) is 15.0. The van der Waals surface area contributed by atoms with E-state index in [4.69, 9.17) is 20.9 Å². The second-order valence-corrected chi connectivity index (χ2v) is 11.4. The van der Waals surface area contributed by atoms with Crippen molar-refractivity contribution in [3.05, 3.63) is 70.8 Å². The lowest BCUT2D eigenvalue weighted by Gasteiger charge is -2.37. The molecule has 0 spiro atoms. The molecule has 2 N–H and O–H groups in total. The van der Waals surface area contributed by atoms with Crippen molar-refractivity contribution in [2.75, 3.05) is 45.2 Å². The molecular weight excluding hydrogens is 610 g/mol. The molecule has 0 bridgehead atoms. The van der Waals surface area contributed by atoms with E-state index in [1.54, 1.807) is 17.0 Å². The minimum atomic E-state index is -0.865. The van der Waals surface area contributed by atoms with Gasteiger partial charge in [0.2, 0.25) is 5.91 Å². The smallest absolute Gasteiger partial charge is 0.412 e. The number of amides is 4. The highest BCUT2D eigenvalue weighted by Crippen LogP contribution is 2.23. The fraction of sp³-hybridized carbons (Fsp3) is 0.419. The van der Waals surface area contributed by atoms with Gasteiger partial charge in [-0.3, -0.25) is 15.0 Å². The molecule has 0 saturated carbocycles. The zero-order valence-electron chi connectivity index (χ0n) is 25.4. The quantitative estimate of drug-likeness (QED) is 0.288. The molecule has 1 aliphatic heterocycles. The van der Waals surface area contributed by atoms with Gasteiger partial charge in [0.1, 0.15) is 18.2 Å². The molecule has 1 saturated heterocycles. The maximum absolute atomic E-state index is 13.8. The zero-order chi connectivity index (χ0) is 32.5. The second-order valence-electron chi connectivity index (χ2n) is 11.0. The third-order valence-corrected chi connectivity index (χ3v) is 8.10. The third kappa shape index (κ3) is 9.38. The van der Waals surface area contributed by atoms with Crippen molar-refractivity contribution >= 4 is 35.5 Å². The van der Waals surface area contributed by atoms with Gasteiger partial charge in [0, 0.05) is 63.9 Å². The molecular formula is C31H37ClF2N6O5. The maximum atomic E-state index is 13.8. The number of urea groups is 1. The van der Waals surface area contributed by atoms with Crippen LogP contribution in [0.3, 0.4) is 0 Å². The molecule has 1 fully saturated rings. The molecule has 242 valence electrons. The summed E-state index contributed by atoms with van der Waals surface area (Å²) in [5, 5.41) is 8.82. The van der Waals surface area contributed by atoms with Crippen LogP contribution in [-0.4, -0.2) is 89.8 Å². The van der Waals surface area contributed by atoms with E-state index < -0.39 is 29.8 Å². The van der Waals surface area contributed by atoms with Crippen LogP contribution in [-0.2, 0) is 16.1 Å². The number of halogens is 3. The van der Waals surface area contributed by atoms with Crippen molar-refractivity contribution in [2.24, 2.45) is 0 Å². The van der Waals surface area contributed by atoms with E-state index in [1.165, 1.54) is 48.3 Å². The summed E-state index contributed by atoms with van der Waals surface area (Å²) < 4.78 is 38.0. The highest BCUT2D eigenvalue weighted by atomic mass is 35.5. The largest absolute Gasteiger partial charge is 0.447 e. The van der Waals surface area contributed by atoms with Gasteiger partial charge in [-0.1, -0.05) is 41.0 Å². The lowest BCUT2D eigenvalue weighted by atomic mass is 10.1. The number of nitrogens with one attached hydrogen (secondary N) is 2. The van der Waals surface area contributed by atoms with Crippen molar-refractivity contribution in [1.82, 2.24) is 25.2 Å². The molecule has 14 heteroatoms. The number of likely N-dealkylation sites (N-methyl/N-ethyl adjacent to an activating group) is 1. The summed E-state index contributed by atoms with van der Waals surface area (Å²) in [5.41, 5.74) is 0.831. The summed E-state index contributed by atoms with van der Waals surface area (Å²) >= 11 is 6.02. The number of hydrogen-bond acceptors (Lipinski definition) is 7. The predicted octanol–water partition coefficient (Wildman–Crippen LogP) is 5.36. The van der Waals surface area contributed by atoms with Gasteiger partial charge in [0.25, 0.3) is 0 Å². The molecule has 1 atom stereocenters. The van der Waals surface area contributed by atoms with Crippen LogP contribution in [0.25, 0.3) is 11.3 Å². The SMILES string of the molecule is CC(C)N1CCN(C(=O)CC[C@@H](COC(=O)Nc2cc(-c3cccc(F)c3)on2)N(C)C(=O)NCc2cccc(F)c2Cl)CC1. The van der Waals surface area contributed by atoms with E-state index >= 15 is 0 Å². The number of ether oxygens (including phenoxy) is 1. The number of benzene rings is 2. The van der Waals surface area contributed by atoms with E-state index in [1.807, 2.05) is 0 Å². The highest BCUT2D eigenvalue weighted by molar-refractivity contribution is 6.31. The van der Waals surface area contributed by atoms with E-state index in [9.17, 15) is 23.2 Å². The number of rotatable bonds is 11. The Morgan fingerprint density at radius 2 is 1.82 bits per heavy atom. The molecule has 4 rings (SSSR count). The Balaban J connectivity index is 1.36. The molecule has 11 nitrogen and oxygen atoms in total. The third-order valence-electron chi connectivity index (χ3n) is 7.67. The van der Waals surface area contributed by atoms with Crippen LogP contribution >= 0.6 is 11.6 Å². The molecule has 0 unspecified atom stereocenters. The molecule has 1 aromatic heterocycles. The average molecular weight is 647 g/mol. The van der Waals surface area contributed by atoms with Crippen molar-refractivity contribution in [3.8, 4) is 11.3 Å². The van der Waals surface area contributed by atoms with Gasteiger partial charge in [-0.25, -0.2) is 18.4 Å². The monoisotopic (exact) mass is 646 g/mol. The number of aromatic nitrogens is 1. The maximum Gasteiger partial charge on any atom is 0.412 e. The fourth-order valence-electron chi connectivity index (χ4n) is 4.90. The van der Waals surface area contributed by atoms with E-state index in [-0.39, 0.29) is 48.5 Å². The number of piperazine rings is 1. The molecule has 3 aromatic rings. The van der Waals surface area contributed by atoms with Gasteiger partial charge >= 0.3 is 12.1 Å². The van der Waals surface area contributed by atoms with Crippen LogP contribution in [0.5, 0.6) is 0 Å². The Hall–Kier alpha value is -4.23. The van der Waals surface area contributed by atoms with E-state index in [2.05, 4.69) is 34.5 Å². The van der Waals surface area contributed by atoms with Gasteiger partial charge in [-0.2, -0.15) is 0 Å². The summed E-state index contributed by atoms with van der Waals surface area (Å²) in [6, 6.07) is 10.6. The number of anilines is 1. The van der Waals surface area contributed by atoms with Crippen molar-refractivity contribution in [2.45, 2.75) is 45.3 Å².